The van der Waals surface area contributed by atoms with Gasteiger partial charge in [-0.05, 0) is 45.6 Å². The fourth-order valence-electron chi connectivity index (χ4n) is 4.01. The number of hydrogen-bond donors (Lipinski definition) is 1. The van der Waals surface area contributed by atoms with Crippen molar-refractivity contribution in [1.29, 1.82) is 0 Å². The summed E-state index contributed by atoms with van der Waals surface area (Å²) in [5, 5.41) is 3.21. The van der Waals surface area contributed by atoms with Crippen LogP contribution in [-0.2, 0) is 0 Å². The van der Waals surface area contributed by atoms with Crippen molar-refractivity contribution in [3.05, 3.63) is 17.6 Å². The molecular weight excluding hydrogens is 248 g/mol. The lowest BCUT2D eigenvalue weighted by molar-refractivity contribution is 0.159. The van der Waals surface area contributed by atoms with Crippen LogP contribution < -0.4 is 5.32 Å². The second-order valence-electron chi connectivity index (χ2n) is 6.78. The standard InChI is InChI=1S/C16H24N4/c1-17-15-9-14(10-3-4-10)18-16(19-15)11-7-12-5-6-13(8-11)20(12)2/h9-13H,3-8H2,1-2H3,(H,17,18,19). The van der Waals surface area contributed by atoms with Gasteiger partial charge < -0.3 is 10.2 Å². The predicted molar refractivity (Wildman–Crippen MR) is 80.1 cm³/mol. The van der Waals surface area contributed by atoms with E-state index in [1.807, 2.05) is 7.05 Å². The third-order valence-corrected chi connectivity index (χ3v) is 5.48. The third-order valence-electron chi connectivity index (χ3n) is 5.48. The smallest absolute Gasteiger partial charge is 0.134 e. The summed E-state index contributed by atoms with van der Waals surface area (Å²) in [6.45, 7) is 0. The van der Waals surface area contributed by atoms with Crippen LogP contribution in [0.2, 0.25) is 0 Å². The molecule has 2 saturated heterocycles. The maximum Gasteiger partial charge on any atom is 0.134 e. The first-order valence-electron chi connectivity index (χ1n) is 8.03. The normalized spacial score (nSPS) is 33.4. The maximum atomic E-state index is 4.92. The molecule has 1 aliphatic carbocycles. The summed E-state index contributed by atoms with van der Waals surface area (Å²) < 4.78 is 0. The molecule has 1 aromatic heterocycles. The van der Waals surface area contributed by atoms with Crippen LogP contribution in [0, 0.1) is 0 Å². The first kappa shape index (κ1) is 12.6. The van der Waals surface area contributed by atoms with Gasteiger partial charge in [-0.2, -0.15) is 0 Å². The van der Waals surface area contributed by atoms with E-state index in [9.17, 15) is 0 Å². The summed E-state index contributed by atoms with van der Waals surface area (Å²) in [5.74, 6) is 3.37. The number of nitrogens with one attached hydrogen (secondary N) is 1. The number of anilines is 1. The highest BCUT2D eigenvalue weighted by molar-refractivity contribution is 5.38. The maximum absolute atomic E-state index is 4.92. The summed E-state index contributed by atoms with van der Waals surface area (Å²) in [6.07, 6.45) is 7.81. The van der Waals surface area contributed by atoms with Crippen molar-refractivity contribution < 1.29 is 0 Å². The largest absolute Gasteiger partial charge is 0.373 e. The molecule has 0 radical (unpaired) electrons. The molecule has 1 aromatic rings. The molecule has 2 aliphatic heterocycles. The van der Waals surface area contributed by atoms with Crippen molar-refractivity contribution >= 4 is 5.82 Å². The zero-order chi connectivity index (χ0) is 13.7. The van der Waals surface area contributed by atoms with Gasteiger partial charge in [-0.15, -0.1) is 0 Å². The van der Waals surface area contributed by atoms with Gasteiger partial charge in [-0.3, -0.25) is 0 Å². The van der Waals surface area contributed by atoms with Gasteiger partial charge >= 0.3 is 0 Å². The van der Waals surface area contributed by atoms with Crippen LogP contribution in [0.3, 0.4) is 0 Å². The zero-order valence-electron chi connectivity index (χ0n) is 12.5. The van der Waals surface area contributed by atoms with E-state index < -0.39 is 0 Å². The van der Waals surface area contributed by atoms with E-state index in [1.54, 1.807) is 0 Å². The number of hydrogen-bond acceptors (Lipinski definition) is 4. The quantitative estimate of drug-likeness (QED) is 0.918. The van der Waals surface area contributed by atoms with E-state index in [0.717, 1.165) is 23.7 Å². The monoisotopic (exact) mass is 272 g/mol. The van der Waals surface area contributed by atoms with Crippen LogP contribution in [0.5, 0.6) is 0 Å². The summed E-state index contributed by atoms with van der Waals surface area (Å²) in [4.78, 5) is 12.3. The van der Waals surface area contributed by atoms with Crippen LogP contribution in [-0.4, -0.2) is 41.0 Å². The summed E-state index contributed by atoms with van der Waals surface area (Å²) in [6, 6.07) is 3.65. The molecule has 0 aromatic carbocycles. The Morgan fingerprint density at radius 2 is 1.75 bits per heavy atom. The Balaban J connectivity index is 1.63. The highest BCUT2D eigenvalue weighted by atomic mass is 15.2. The number of nitrogens with zero attached hydrogens (tertiary/aromatic N) is 3. The highest BCUT2D eigenvalue weighted by Crippen LogP contribution is 2.43. The average Bonchev–Trinajstić information content (AvgIpc) is 3.29. The molecule has 2 atom stereocenters. The lowest BCUT2D eigenvalue weighted by Gasteiger charge is -2.35. The molecule has 1 saturated carbocycles. The van der Waals surface area contributed by atoms with E-state index in [4.69, 9.17) is 9.97 Å². The first-order valence-corrected chi connectivity index (χ1v) is 8.03. The second-order valence-corrected chi connectivity index (χ2v) is 6.78. The minimum Gasteiger partial charge on any atom is -0.373 e. The number of aromatic nitrogens is 2. The average molecular weight is 272 g/mol. The molecule has 3 heterocycles. The Morgan fingerprint density at radius 1 is 1.05 bits per heavy atom. The Hall–Kier alpha value is -1.16. The van der Waals surface area contributed by atoms with Crippen molar-refractivity contribution in [1.82, 2.24) is 14.9 Å². The lowest BCUT2D eigenvalue weighted by atomic mass is 9.90. The van der Waals surface area contributed by atoms with Crippen molar-refractivity contribution in [3.63, 3.8) is 0 Å². The van der Waals surface area contributed by atoms with Gasteiger partial charge in [0.25, 0.3) is 0 Å². The van der Waals surface area contributed by atoms with E-state index >= 15 is 0 Å². The first-order chi connectivity index (χ1) is 9.74. The molecule has 2 bridgehead atoms. The number of piperidine rings is 1. The molecule has 4 rings (SSSR count). The second kappa shape index (κ2) is 4.69. The minimum atomic E-state index is 0.564. The van der Waals surface area contributed by atoms with Crippen LogP contribution >= 0.6 is 0 Å². The molecule has 3 fully saturated rings. The van der Waals surface area contributed by atoms with Crippen molar-refractivity contribution in [3.8, 4) is 0 Å². The molecule has 2 unspecified atom stereocenters. The predicted octanol–water partition coefficient (Wildman–Crippen LogP) is 2.74. The third kappa shape index (κ3) is 2.10. The van der Waals surface area contributed by atoms with Crippen molar-refractivity contribution in [2.24, 2.45) is 0 Å². The summed E-state index contributed by atoms with van der Waals surface area (Å²) in [7, 11) is 4.25. The Morgan fingerprint density at radius 3 is 2.35 bits per heavy atom. The van der Waals surface area contributed by atoms with Crippen LogP contribution in [0.1, 0.15) is 61.9 Å². The van der Waals surface area contributed by atoms with Crippen LogP contribution in [0.25, 0.3) is 0 Å². The number of fused-ring (bicyclic) bond motifs is 2. The van der Waals surface area contributed by atoms with Gasteiger partial charge in [0.05, 0.1) is 0 Å². The Bertz CT molecular complexity index is 497. The Labute approximate surface area is 121 Å². The van der Waals surface area contributed by atoms with Gasteiger partial charge in [0.1, 0.15) is 11.6 Å². The van der Waals surface area contributed by atoms with E-state index in [-0.39, 0.29) is 0 Å². The number of rotatable bonds is 3. The van der Waals surface area contributed by atoms with Gasteiger partial charge in [-0.25, -0.2) is 9.97 Å². The highest BCUT2D eigenvalue weighted by Gasteiger charge is 2.40. The SMILES string of the molecule is CNc1cc(C2CC2)nc(C2CC3CCC(C2)N3C)n1. The van der Waals surface area contributed by atoms with E-state index in [1.165, 1.54) is 44.2 Å². The van der Waals surface area contributed by atoms with Crippen LogP contribution in [0.4, 0.5) is 5.82 Å². The van der Waals surface area contributed by atoms with Gasteiger partial charge in [-0.1, -0.05) is 0 Å². The molecule has 0 amide bonds. The minimum absolute atomic E-state index is 0.564. The van der Waals surface area contributed by atoms with Gasteiger partial charge in [0, 0.05) is 42.7 Å². The molecule has 20 heavy (non-hydrogen) atoms. The Kier molecular flexibility index (Phi) is 2.95. The van der Waals surface area contributed by atoms with Crippen molar-refractivity contribution in [2.75, 3.05) is 19.4 Å². The molecule has 0 spiro atoms. The van der Waals surface area contributed by atoms with E-state index in [0.29, 0.717) is 11.8 Å². The molecular formula is C16H24N4. The molecule has 108 valence electrons. The van der Waals surface area contributed by atoms with Gasteiger partial charge in [0.15, 0.2) is 0 Å². The topological polar surface area (TPSA) is 41.1 Å². The van der Waals surface area contributed by atoms with Gasteiger partial charge in [0.2, 0.25) is 0 Å². The fraction of sp³-hybridized carbons (Fsp3) is 0.750. The molecule has 4 nitrogen and oxygen atoms in total. The lowest BCUT2D eigenvalue weighted by Crippen LogP contribution is -2.39. The molecule has 1 N–H and O–H groups in total. The van der Waals surface area contributed by atoms with E-state index in [2.05, 4.69) is 23.3 Å². The van der Waals surface area contributed by atoms with Crippen LogP contribution in [0.15, 0.2) is 6.07 Å². The molecule has 3 aliphatic rings. The fourth-order valence-corrected chi connectivity index (χ4v) is 4.01. The summed E-state index contributed by atoms with van der Waals surface area (Å²) >= 11 is 0. The molecule has 4 heteroatoms. The van der Waals surface area contributed by atoms with Crippen molar-refractivity contribution in [2.45, 2.75) is 62.4 Å². The summed E-state index contributed by atoms with van der Waals surface area (Å²) in [5.41, 5.74) is 1.27. The zero-order valence-corrected chi connectivity index (χ0v) is 12.5.